The summed E-state index contributed by atoms with van der Waals surface area (Å²) in [5, 5.41) is 2.49. The molecule has 0 aliphatic heterocycles. The summed E-state index contributed by atoms with van der Waals surface area (Å²) >= 11 is 6.09. The second-order valence-electron chi connectivity index (χ2n) is 5.04. The van der Waals surface area contributed by atoms with E-state index in [0.717, 1.165) is 21.5 Å². The second kappa shape index (κ2) is 6.52. The second-order valence-corrected chi connectivity index (χ2v) is 8.04. The Morgan fingerprint density at radius 3 is 1.64 bits per heavy atom. The summed E-state index contributed by atoms with van der Waals surface area (Å²) in [5.74, 6) is 0.347. The van der Waals surface area contributed by atoms with Crippen molar-refractivity contribution in [3.05, 3.63) is 90.5 Å². The Hall–Kier alpha value is -1.82. The molecule has 22 heavy (non-hydrogen) atoms. The molecule has 0 aliphatic rings. The van der Waals surface area contributed by atoms with Crippen LogP contribution in [0.25, 0.3) is 0 Å². The number of benzene rings is 3. The lowest BCUT2D eigenvalue weighted by Crippen LogP contribution is -2.27. The van der Waals surface area contributed by atoms with Crippen molar-refractivity contribution >= 4 is 34.7 Å². The first-order valence-electron chi connectivity index (χ1n) is 7.12. The van der Waals surface area contributed by atoms with Crippen LogP contribution >= 0.6 is 18.7 Å². The average molecular weight is 327 g/mol. The summed E-state index contributed by atoms with van der Waals surface area (Å²) in [6.45, 7) is 0. The van der Waals surface area contributed by atoms with Gasteiger partial charge < -0.3 is 4.57 Å². The molecule has 0 unspecified atom stereocenters. The molecule has 0 aromatic heterocycles. The van der Waals surface area contributed by atoms with Crippen molar-refractivity contribution in [1.82, 2.24) is 0 Å². The topological polar surface area (TPSA) is 17.1 Å². The van der Waals surface area contributed by atoms with Crippen LogP contribution in [-0.2, 0) is 10.4 Å². The molecule has 0 aliphatic carbocycles. The van der Waals surface area contributed by atoms with Gasteiger partial charge in [-0.2, -0.15) is 0 Å². The maximum absolute atomic E-state index is 14.1. The highest BCUT2D eigenvalue weighted by atomic mass is 35.5. The molecule has 0 N–H and O–H groups in total. The zero-order valence-electron chi connectivity index (χ0n) is 12.0. The Balaban J connectivity index is 2.32. The van der Waals surface area contributed by atoms with Crippen LogP contribution in [0.2, 0.25) is 0 Å². The zero-order chi connectivity index (χ0) is 15.4. The standard InChI is InChI=1S/C19H16ClOP/c20-15-16-9-7-8-14-19(16)22(21,17-10-3-1-4-11-17)18-12-5-2-6-13-18/h1-14H,15H2. The molecule has 0 amide bonds. The molecule has 3 heteroatoms. The van der Waals surface area contributed by atoms with Gasteiger partial charge in [-0.15, -0.1) is 11.6 Å². The smallest absolute Gasteiger partial charge is 0.171 e. The van der Waals surface area contributed by atoms with E-state index in [0.29, 0.717) is 5.88 Å². The molecule has 0 fully saturated rings. The van der Waals surface area contributed by atoms with Crippen LogP contribution in [-0.4, -0.2) is 0 Å². The maximum atomic E-state index is 14.1. The van der Waals surface area contributed by atoms with E-state index in [-0.39, 0.29) is 0 Å². The van der Waals surface area contributed by atoms with Crippen LogP contribution < -0.4 is 15.9 Å². The van der Waals surface area contributed by atoms with Crippen molar-refractivity contribution in [2.75, 3.05) is 0 Å². The van der Waals surface area contributed by atoms with Crippen LogP contribution in [0, 0.1) is 0 Å². The highest BCUT2D eigenvalue weighted by molar-refractivity contribution is 7.85. The van der Waals surface area contributed by atoms with Gasteiger partial charge in [-0.25, -0.2) is 0 Å². The van der Waals surface area contributed by atoms with Crippen LogP contribution in [0.5, 0.6) is 0 Å². The molecular formula is C19H16ClOP. The highest BCUT2D eigenvalue weighted by Gasteiger charge is 2.31. The summed E-state index contributed by atoms with van der Waals surface area (Å²) in [7, 11) is -2.92. The molecule has 0 spiro atoms. The van der Waals surface area contributed by atoms with Crippen molar-refractivity contribution < 1.29 is 4.57 Å². The van der Waals surface area contributed by atoms with Gasteiger partial charge in [0.2, 0.25) is 0 Å². The lowest BCUT2D eigenvalue weighted by atomic mass is 10.2. The molecule has 1 nitrogen and oxygen atoms in total. The summed E-state index contributed by atoms with van der Waals surface area (Å²) in [5.41, 5.74) is 0.917. The molecule has 3 aromatic rings. The zero-order valence-corrected chi connectivity index (χ0v) is 13.7. The number of rotatable bonds is 4. The quantitative estimate of drug-likeness (QED) is 0.522. The summed E-state index contributed by atoms with van der Waals surface area (Å²) in [4.78, 5) is 0. The van der Waals surface area contributed by atoms with Gasteiger partial charge in [-0.1, -0.05) is 84.9 Å². The Labute approximate surface area is 136 Å². The van der Waals surface area contributed by atoms with E-state index in [1.165, 1.54) is 0 Å². The largest absolute Gasteiger partial charge is 0.309 e. The minimum absolute atomic E-state index is 0.347. The van der Waals surface area contributed by atoms with Crippen molar-refractivity contribution in [2.45, 2.75) is 5.88 Å². The Bertz CT molecular complexity index is 756. The van der Waals surface area contributed by atoms with Crippen molar-refractivity contribution in [3.63, 3.8) is 0 Å². The number of hydrogen-bond donors (Lipinski definition) is 0. The predicted octanol–water partition coefficient (Wildman–Crippen LogP) is 4.06. The molecule has 3 rings (SSSR count). The predicted molar refractivity (Wildman–Crippen MR) is 95.4 cm³/mol. The van der Waals surface area contributed by atoms with E-state index >= 15 is 0 Å². The maximum Gasteiger partial charge on any atom is 0.171 e. The molecule has 0 heterocycles. The van der Waals surface area contributed by atoms with E-state index in [2.05, 4.69) is 0 Å². The lowest BCUT2D eigenvalue weighted by molar-refractivity contribution is 0.592. The Morgan fingerprint density at radius 2 is 1.14 bits per heavy atom. The minimum atomic E-state index is -2.92. The normalized spacial score (nSPS) is 11.3. The van der Waals surface area contributed by atoms with E-state index in [1.54, 1.807) is 0 Å². The van der Waals surface area contributed by atoms with Crippen LogP contribution in [0.1, 0.15) is 5.56 Å². The average Bonchev–Trinajstić information content (AvgIpc) is 2.62. The highest BCUT2D eigenvalue weighted by Crippen LogP contribution is 2.43. The molecule has 0 radical (unpaired) electrons. The third-order valence-electron chi connectivity index (χ3n) is 3.71. The fourth-order valence-corrected chi connectivity index (χ4v) is 5.85. The lowest BCUT2D eigenvalue weighted by Gasteiger charge is -2.22. The molecule has 0 saturated heterocycles. The van der Waals surface area contributed by atoms with E-state index < -0.39 is 7.14 Å². The Morgan fingerprint density at radius 1 is 0.682 bits per heavy atom. The van der Waals surface area contributed by atoms with Gasteiger partial charge >= 0.3 is 0 Å². The third-order valence-corrected chi connectivity index (χ3v) is 7.17. The molecule has 0 saturated carbocycles. The molecule has 0 atom stereocenters. The van der Waals surface area contributed by atoms with Gasteiger partial charge in [0.05, 0.1) is 0 Å². The Kier molecular flexibility index (Phi) is 4.47. The first-order chi connectivity index (χ1) is 10.8. The van der Waals surface area contributed by atoms with E-state index in [1.807, 2.05) is 84.9 Å². The number of alkyl halides is 1. The van der Waals surface area contributed by atoms with Gasteiger partial charge in [0.1, 0.15) is 0 Å². The third kappa shape index (κ3) is 2.63. The van der Waals surface area contributed by atoms with Crippen molar-refractivity contribution in [1.29, 1.82) is 0 Å². The summed E-state index contributed by atoms with van der Waals surface area (Å²) in [6.07, 6.45) is 0. The monoisotopic (exact) mass is 326 g/mol. The van der Waals surface area contributed by atoms with Gasteiger partial charge in [-0.05, 0) is 5.56 Å². The molecule has 3 aromatic carbocycles. The van der Waals surface area contributed by atoms with Gasteiger partial charge in [0, 0.05) is 21.8 Å². The minimum Gasteiger partial charge on any atom is -0.309 e. The first-order valence-corrected chi connectivity index (χ1v) is 9.36. The SMILES string of the molecule is O=P(c1ccccc1)(c1ccccc1)c1ccccc1CCl. The van der Waals surface area contributed by atoms with E-state index in [4.69, 9.17) is 11.6 Å². The number of hydrogen-bond acceptors (Lipinski definition) is 1. The first kappa shape index (κ1) is 15.1. The van der Waals surface area contributed by atoms with Crippen LogP contribution in [0.3, 0.4) is 0 Å². The van der Waals surface area contributed by atoms with Gasteiger partial charge in [0.15, 0.2) is 7.14 Å². The van der Waals surface area contributed by atoms with Crippen LogP contribution in [0.15, 0.2) is 84.9 Å². The fourth-order valence-electron chi connectivity index (χ4n) is 2.63. The number of halogens is 1. The summed E-state index contributed by atoms with van der Waals surface area (Å²) < 4.78 is 14.1. The molecular weight excluding hydrogens is 311 g/mol. The van der Waals surface area contributed by atoms with Crippen molar-refractivity contribution in [3.8, 4) is 0 Å². The fraction of sp³-hybridized carbons (Fsp3) is 0.0526. The molecule has 0 bridgehead atoms. The van der Waals surface area contributed by atoms with Crippen LogP contribution in [0.4, 0.5) is 0 Å². The summed E-state index contributed by atoms with van der Waals surface area (Å²) in [6, 6.07) is 27.0. The van der Waals surface area contributed by atoms with Gasteiger partial charge in [-0.3, -0.25) is 0 Å². The van der Waals surface area contributed by atoms with E-state index in [9.17, 15) is 4.57 Å². The van der Waals surface area contributed by atoms with Crippen molar-refractivity contribution in [2.24, 2.45) is 0 Å². The molecule has 110 valence electrons. The van der Waals surface area contributed by atoms with Gasteiger partial charge in [0.25, 0.3) is 0 Å².